The Morgan fingerprint density at radius 3 is 2.33 bits per heavy atom. The molecule has 0 radical (unpaired) electrons. The maximum atomic E-state index is 12.6. The van der Waals surface area contributed by atoms with Gasteiger partial charge in [0.1, 0.15) is 5.69 Å². The Balaban J connectivity index is 2.32. The Bertz CT molecular complexity index is 790. The second kappa shape index (κ2) is 6.65. The molecule has 6 nitrogen and oxygen atoms in total. The molecule has 7 heteroatoms. The Hall–Kier alpha value is -2.34. The molecule has 2 N–H and O–H groups in total. The van der Waals surface area contributed by atoms with Crippen LogP contribution in [0.15, 0.2) is 24.3 Å². The topological polar surface area (TPSA) is 76.0 Å². The standard InChI is InChI=1S/C17H21ClN4O2/c1-10(23)19-12-7-6-11(18)8-13(12)20-16(24)14-9-15(17(2,3)4)21-22(14)5/h6-9H,1-5H3,(H,19,23)(H,20,24). The molecule has 0 unspecified atom stereocenters. The lowest BCUT2D eigenvalue weighted by Gasteiger charge is -2.13. The van der Waals surface area contributed by atoms with E-state index in [1.807, 2.05) is 20.8 Å². The molecule has 0 fully saturated rings. The van der Waals surface area contributed by atoms with E-state index in [4.69, 9.17) is 11.6 Å². The minimum Gasteiger partial charge on any atom is -0.325 e. The molecule has 0 aliphatic rings. The molecule has 128 valence electrons. The van der Waals surface area contributed by atoms with Crippen LogP contribution in [-0.2, 0) is 17.3 Å². The van der Waals surface area contributed by atoms with Crippen LogP contribution in [-0.4, -0.2) is 21.6 Å². The molecule has 0 aliphatic heterocycles. The lowest BCUT2D eigenvalue weighted by atomic mass is 9.92. The van der Waals surface area contributed by atoms with E-state index in [1.165, 1.54) is 6.92 Å². The molecule has 0 aliphatic carbocycles. The first-order chi connectivity index (χ1) is 11.1. The van der Waals surface area contributed by atoms with Crippen LogP contribution < -0.4 is 10.6 Å². The number of amides is 2. The number of hydrogen-bond acceptors (Lipinski definition) is 3. The van der Waals surface area contributed by atoms with Crippen molar-refractivity contribution in [2.24, 2.45) is 7.05 Å². The molecule has 0 saturated heterocycles. The number of carbonyl (C=O) groups is 2. The number of halogens is 1. The average Bonchev–Trinajstić information content (AvgIpc) is 2.83. The Morgan fingerprint density at radius 1 is 1.12 bits per heavy atom. The third kappa shape index (κ3) is 4.14. The smallest absolute Gasteiger partial charge is 0.273 e. The van der Waals surface area contributed by atoms with E-state index in [1.54, 1.807) is 36.0 Å². The van der Waals surface area contributed by atoms with E-state index in [2.05, 4.69) is 15.7 Å². The van der Waals surface area contributed by atoms with Gasteiger partial charge in [-0.05, 0) is 24.3 Å². The van der Waals surface area contributed by atoms with Crippen molar-refractivity contribution < 1.29 is 9.59 Å². The van der Waals surface area contributed by atoms with Gasteiger partial charge in [-0.1, -0.05) is 32.4 Å². The molecule has 2 aromatic rings. The third-order valence-corrected chi connectivity index (χ3v) is 3.66. The maximum absolute atomic E-state index is 12.6. The largest absolute Gasteiger partial charge is 0.325 e. The molecule has 0 saturated carbocycles. The monoisotopic (exact) mass is 348 g/mol. The zero-order valence-electron chi connectivity index (χ0n) is 14.4. The fraction of sp³-hybridized carbons (Fsp3) is 0.353. The van der Waals surface area contributed by atoms with Crippen molar-refractivity contribution in [3.63, 3.8) is 0 Å². The number of hydrogen-bond donors (Lipinski definition) is 2. The van der Waals surface area contributed by atoms with Crippen LogP contribution in [0.1, 0.15) is 43.9 Å². The quantitative estimate of drug-likeness (QED) is 0.890. The van der Waals surface area contributed by atoms with Crippen molar-refractivity contribution in [1.82, 2.24) is 9.78 Å². The van der Waals surface area contributed by atoms with Crippen LogP contribution in [0.4, 0.5) is 11.4 Å². The number of nitrogens with one attached hydrogen (secondary N) is 2. The number of rotatable bonds is 3. The Labute approximate surface area is 146 Å². The summed E-state index contributed by atoms with van der Waals surface area (Å²) in [5.74, 6) is -0.558. The predicted octanol–water partition coefficient (Wildman–Crippen LogP) is 3.58. The number of carbonyl (C=O) groups excluding carboxylic acids is 2. The third-order valence-electron chi connectivity index (χ3n) is 3.42. The van der Waals surface area contributed by atoms with Gasteiger partial charge in [0.25, 0.3) is 5.91 Å². The Morgan fingerprint density at radius 2 is 1.79 bits per heavy atom. The van der Waals surface area contributed by atoms with Gasteiger partial charge < -0.3 is 10.6 Å². The van der Waals surface area contributed by atoms with Crippen molar-refractivity contribution in [3.8, 4) is 0 Å². The van der Waals surface area contributed by atoms with Crippen molar-refractivity contribution in [2.75, 3.05) is 10.6 Å². The summed E-state index contributed by atoms with van der Waals surface area (Å²) < 4.78 is 1.54. The van der Waals surface area contributed by atoms with E-state index >= 15 is 0 Å². The minimum atomic E-state index is -0.325. The van der Waals surface area contributed by atoms with Gasteiger partial charge in [-0.2, -0.15) is 5.10 Å². The molecule has 0 atom stereocenters. The SMILES string of the molecule is CC(=O)Nc1ccc(Cl)cc1NC(=O)c1cc(C(C)(C)C)nn1C. The van der Waals surface area contributed by atoms with Gasteiger partial charge in [-0.15, -0.1) is 0 Å². The first-order valence-corrected chi connectivity index (χ1v) is 7.89. The van der Waals surface area contributed by atoms with Crippen molar-refractivity contribution in [1.29, 1.82) is 0 Å². The summed E-state index contributed by atoms with van der Waals surface area (Å²) in [5.41, 5.74) is 2.00. The van der Waals surface area contributed by atoms with Gasteiger partial charge in [-0.3, -0.25) is 14.3 Å². The molecule has 0 spiro atoms. The molecular weight excluding hydrogens is 328 g/mol. The van der Waals surface area contributed by atoms with E-state index in [0.29, 0.717) is 22.1 Å². The number of aryl methyl sites for hydroxylation is 1. The van der Waals surface area contributed by atoms with E-state index in [0.717, 1.165) is 5.69 Å². The first-order valence-electron chi connectivity index (χ1n) is 7.51. The molecule has 1 heterocycles. The normalized spacial score (nSPS) is 11.2. The first kappa shape index (κ1) is 18.0. The van der Waals surface area contributed by atoms with Crippen molar-refractivity contribution in [3.05, 3.63) is 40.7 Å². The fourth-order valence-corrected chi connectivity index (χ4v) is 2.32. The van der Waals surface area contributed by atoms with Gasteiger partial charge >= 0.3 is 0 Å². The maximum Gasteiger partial charge on any atom is 0.273 e. The second-order valence-corrected chi connectivity index (χ2v) is 7.05. The highest BCUT2D eigenvalue weighted by Gasteiger charge is 2.22. The predicted molar refractivity (Wildman–Crippen MR) is 95.6 cm³/mol. The summed E-state index contributed by atoms with van der Waals surface area (Å²) >= 11 is 6.00. The second-order valence-electron chi connectivity index (χ2n) is 6.61. The van der Waals surface area contributed by atoms with Gasteiger partial charge in [0.2, 0.25) is 5.91 Å². The van der Waals surface area contributed by atoms with E-state index in [-0.39, 0.29) is 17.2 Å². The summed E-state index contributed by atoms with van der Waals surface area (Å²) in [4.78, 5) is 23.9. The van der Waals surface area contributed by atoms with Crippen molar-refractivity contribution in [2.45, 2.75) is 33.1 Å². The molecule has 1 aromatic carbocycles. The van der Waals surface area contributed by atoms with Gasteiger partial charge in [-0.25, -0.2) is 0 Å². The van der Waals surface area contributed by atoms with Crippen LogP contribution in [0.5, 0.6) is 0 Å². The number of aromatic nitrogens is 2. The van der Waals surface area contributed by atoms with Crippen LogP contribution in [0, 0.1) is 0 Å². The summed E-state index contributed by atoms with van der Waals surface area (Å²) in [5, 5.41) is 10.3. The highest BCUT2D eigenvalue weighted by Crippen LogP contribution is 2.27. The van der Waals surface area contributed by atoms with E-state index < -0.39 is 0 Å². The molecule has 2 rings (SSSR count). The number of anilines is 2. The molecule has 1 aromatic heterocycles. The van der Waals surface area contributed by atoms with Gasteiger partial charge in [0.05, 0.1) is 17.1 Å². The van der Waals surface area contributed by atoms with Gasteiger partial charge in [0, 0.05) is 24.4 Å². The summed E-state index contributed by atoms with van der Waals surface area (Å²) in [7, 11) is 1.72. The summed E-state index contributed by atoms with van der Waals surface area (Å²) in [6, 6.07) is 6.64. The summed E-state index contributed by atoms with van der Waals surface area (Å²) in [6.45, 7) is 7.49. The lowest BCUT2D eigenvalue weighted by molar-refractivity contribution is -0.114. The van der Waals surface area contributed by atoms with Crippen LogP contribution in [0.3, 0.4) is 0 Å². The molecule has 0 bridgehead atoms. The highest BCUT2D eigenvalue weighted by atomic mass is 35.5. The number of nitrogens with zero attached hydrogens (tertiary/aromatic N) is 2. The molecule has 2 amide bonds. The van der Waals surface area contributed by atoms with E-state index in [9.17, 15) is 9.59 Å². The Kier molecular flexibility index (Phi) is 4.99. The van der Waals surface area contributed by atoms with Crippen LogP contribution >= 0.6 is 11.6 Å². The average molecular weight is 349 g/mol. The summed E-state index contributed by atoms with van der Waals surface area (Å²) in [6.07, 6.45) is 0. The van der Waals surface area contributed by atoms with Crippen LogP contribution in [0.25, 0.3) is 0 Å². The molecular formula is C17H21ClN4O2. The van der Waals surface area contributed by atoms with Crippen LogP contribution in [0.2, 0.25) is 5.02 Å². The lowest BCUT2D eigenvalue weighted by Crippen LogP contribution is -2.18. The fourth-order valence-electron chi connectivity index (χ4n) is 2.15. The highest BCUT2D eigenvalue weighted by molar-refractivity contribution is 6.31. The molecule has 24 heavy (non-hydrogen) atoms. The van der Waals surface area contributed by atoms with Gasteiger partial charge in [0.15, 0.2) is 0 Å². The minimum absolute atomic E-state index is 0.159. The number of benzene rings is 1. The van der Waals surface area contributed by atoms with Crippen molar-refractivity contribution >= 4 is 34.8 Å². The zero-order valence-corrected chi connectivity index (χ0v) is 15.2. The zero-order chi connectivity index (χ0) is 18.1.